The molecule has 2 amide bonds. The van der Waals surface area contributed by atoms with E-state index in [1.165, 1.54) is 0 Å². The summed E-state index contributed by atoms with van der Waals surface area (Å²) in [7, 11) is 0. The zero-order valence-electron chi connectivity index (χ0n) is 12.6. The summed E-state index contributed by atoms with van der Waals surface area (Å²) >= 11 is 0. The van der Waals surface area contributed by atoms with E-state index in [0.29, 0.717) is 6.07 Å². The van der Waals surface area contributed by atoms with Gasteiger partial charge in [-0.15, -0.1) is 0 Å². The number of benzene rings is 2. The lowest BCUT2D eigenvalue weighted by atomic mass is 9.88. The van der Waals surface area contributed by atoms with Crippen LogP contribution in [0.3, 0.4) is 0 Å². The van der Waals surface area contributed by atoms with Crippen molar-refractivity contribution in [1.29, 1.82) is 0 Å². The van der Waals surface area contributed by atoms with E-state index in [0.717, 1.165) is 28.2 Å². The predicted molar refractivity (Wildman–Crippen MR) is 82.0 cm³/mol. The molecule has 0 saturated carbocycles. The first-order valence-electron chi connectivity index (χ1n) is 7.33. The van der Waals surface area contributed by atoms with Gasteiger partial charge in [0.1, 0.15) is 11.6 Å². The van der Waals surface area contributed by atoms with Crippen molar-refractivity contribution in [2.45, 2.75) is 25.7 Å². The first kappa shape index (κ1) is 15.3. The number of piperidine rings is 1. The predicted octanol–water partition coefficient (Wildman–Crippen LogP) is 3.71. The number of carbonyl (C=O) groups excluding carboxylic acids is 2. The zero-order valence-corrected chi connectivity index (χ0v) is 12.6. The van der Waals surface area contributed by atoms with Gasteiger partial charge in [0, 0.05) is 24.8 Å². The van der Waals surface area contributed by atoms with Crippen LogP contribution in [0.5, 0.6) is 0 Å². The second-order valence-electron chi connectivity index (χ2n) is 5.73. The first-order valence-corrected chi connectivity index (χ1v) is 7.33. The molecule has 23 heavy (non-hydrogen) atoms. The van der Waals surface area contributed by atoms with Gasteiger partial charge in [0.25, 0.3) is 0 Å². The number of aryl methyl sites for hydroxylation is 1. The highest BCUT2D eigenvalue weighted by Gasteiger charge is 2.35. The van der Waals surface area contributed by atoms with E-state index in [-0.39, 0.29) is 24.4 Å². The van der Waals surface area contributed by atoms with Crippen LogP contribution in [0, 0.1) is 18.6 Å². The molecule has 0 bridgehead atoms. The van der Waals surface area contributed by atoms with Crippen LogP contribution in [0.4, 0.5) is 14.5 Å². The molecule has 1 saturated heterocycles. The molecule has 2 aromatic rings. The Morgan fingerprint density at radius 2 is 1.57 bits per heavy atom. The number of amides is 2. The maximum atomic E-state index is 13.9. The average Bonchev–Trinajstić information content (AvgIpc) is 2.49. The smallest absolute Gasteiger partial charge is 0.234 e. The van der Waals surface area contributed by atoms with Crippen molar-refractivity contribution in [2.24, 2.45) is 0 Å². The Kier molecular flexibility index (Phi) is 3.94. The van der Waals surface area contributed by atoms with Crippen LogP contribution in [0.15, 0.2) is 42.5 Å². The third-order valence-corrected chi connectivity index (χ3v) is 4.04. The number of hydrogen-bond donors (Lipinski definition) is 0. The molecule has 0 radical (unpaired) electrons. The van der Waals surface area contributed by atoms with E-state index < -0.39 is 23.4 Å². The third-order valence-electron chi connectivity index (χ3n) is 4.04. The number of anilines is 1. The van der Waals surface area contributed by atoms with Crippen LogP contribution in [0.25, 0.3) is 0 Å². The molecule has 0 spiro atoms. The SMILES string of the molecule is Cc1ccc(C2CC(=O)N(c3ccc(F)cc3F)C(=O)C2)cc1. The Labute approximate surface area is 132 Å². The maximum absolute atomic E-state index is 13.9. The highest BCUT2D eigenvalue weighted by atomic mass is 19.1. The number of nitrogens with zero attached hydrogens (tertiary/aromatic N) is 1. The van der Waals surface area contributed by atoms with Crippen molar-refractivity contribution < 1.29 is 18.4 Å². The monoisotopic (exact) mass is 315 g/mol. The molecule has 3 nitrogen and oxygen atoms in total. The third kappa shape index (κ3) is 2.99. The summed E-state index contributed by atoms with van der Waals surface area (Å²) in [4.78, 5) is 25.5. The Morgan fingerprint density at radius 1 is 0.957 bits per heavy atom. The molecular formula is C18H15F2NO2. The van der Waals surface area contributed by atoms with E-state index in [9.17, 15) is 18.4 Å². The summed E-state index contributed by atoms with van der Waals surface area (Å²) in [5, 5.41) is 0. The molecule has 1 aliphatic heterocycles. The van der Waals surface area contributed by atoms with Crippen LogP contribution >= 0.6 is 0 Å². The van der Waals surface area contributed by atoms with Gasteiger partial charge in [-0.25, -0.2) is 13.7 Å². The van der Waals surface area contributed by atoms with Crippen LogP contribution < -0.4 is 4.90 Å². The van der Waals surface area contributed by atoms with E-state index in [1.54, 1.807) is 0 Å². The van der Waals surface area contributed by atoms with Crippen molar-refractivity contribution in [3.63, 3.8) is 0 Å². The van der Waals surface area contributed by atoms with Crippen molar-refractivity contribution >= 4 is 17.5 Å². The highest BCUT2D eigenvalue weighted by molar-refractivity contribution is 6.17. The summed E-state index contributed by atoms with van der Waals surface area (Å²) in [5.41, 5.74) is 1.82. The minimum Gasteiger partial charge on any atom is -0.274 e. The fourth-order valence-electron chi connectivity index (χ4n) is 2.82. The zero-order chi connectivity index (χ0) is 16.6. The number of hydrogen-bond acceptors (Lipinski definition) is 2. The molecule has 0 unspecified atom stereocenters. The summed E-state index contributed by atoms with van der Waals surface area (Å²) in [6.07, 6.45) is 0.233. The topological polar surface area (TPSA) is 37.4 Å². The van der Waals surface area contributed by atoms with Gasteiger partial charge in [-0.3, -0.25) is 9.59 Å². The first-order chi connectivity index (χ1) is 11.0. The van der Waals surface area contributed by atoms with Crippen LogP contribution in [-0.4, -0.2) is 11.8 Å². The molecule has 0 aromatic heterocycles. The van der Waals surface area contributed by atoms with Crippen molar-refractivity contribution in [3.8, 4) is 0 Å². The molecular weight excluding hydrogens is 300 g/mol. The van der Waals surface area contributed by atoms with Crippen LogP contribution in [0.1, 0.15) is 29.9 Å². The van der Waals surface area contributed by atoms with E-state index in [1.807, 2.05) is 31.2 Å². The minimum atomic E-state index is -0.916. The Balaban J connectivity index is 1.86. The Hall–Kier alpha value is -2.56. The van der Waals surface area contributed by atoms with Crippen molar-refractivity contribution in [2.75, 3.05) is 4.90 Å². The molecule has 5 heteroatoms. The fraction of sp³-hybridized carbons (Fsp3) is 0.222. The number of carbonyl (C=O) groups is 2. The summed E-state index contributed by atoms with van der Waals surface area (Å²) < 4.78 is 26.9. The number of rotatable bonds is 2. The summed E-state index contributed by atoms with van der Waals surface area (Å²) in [5.74, 6) is -2.83. The highest BCUT2D eigenvalue weighted by Crippen LogP contribution is 2.33. The van der Waals surface area contributed by atoms with Gasteiger partial charge in [-0.2, -0.15) is 0 Å². The molecule has 3 rings (SSSR count). The van der Waals surface area contributed by atoms with Crippen molar-refractivity contribution in [3.05, 3.63) is 65.2 Å². The molecule has 0 atom stereocenters. The fourth-order valence-corrected chi connectivity index (χ4v) is 2.82. The normalized spacial score (nSPS) is 16.0. The van der Waals surface area contributed by atoms with E-state index in [2.05, 4.69) is 0 Å². The standard InChI is InChI=1S/C18H15F2NO2/c1-11-2-4-12(5-3-11)13-8-17(22)21(18(23)9-13)16-7-6-14(19)10-15(16)20/h2-7,10,13H,8-9H2,1H3. The molecule has 2 aromatic carbocycles. The Bertz CT molecular complexity index is 753. The lowest BCUT2D eigenvalue weighted by Crippen LogP contribution is -2.43. The minimum absolute atomic E-state index is 0.117. The second kappa shape index (κ2) is 5.91. The lowest BCUT2D eigenvalue weighted by Gasteiger charge is -2.30. The Morgan fingerprint density at radius 3 is 2.13 bits per heavy atom. The van der Waals surface area contributed by atoms with Crippen molar-refractivity contribution in [1.82, 2.24) is 0 Å². The van der Waals surface area contributed by atoms with Crippen LogP contribution in [0.2, 0.25) is 0 Å². The van der Waals surface area contributed by atoms with Gasteiger partial charge in [-0.1, -0.05) is 29.8 Å². The number of imide groups is 1. The molecule has 1 aliphatic rings. The molecule has 1 heterocycles. The van der Waals surface area contributed by atoms with E-state index in [4.69, 9.17) is 0 Å². The molecule has 1 fully saturated rings. The van der Waals surface area contributed by atoms with Gasteiger partial charge in [0.05, 0.1) is 5.69 Å². The molecule has 0 aliphatic carbocycles. The van der Waals surface area contributed by atoms with Crippen LogP contribution in [-0.2, 0) is 9.59 Å². The second-order valence-corrected chi connectivity index (χ2v) is 5.73. The van der Waals surface area contributed by atoms with Gasteiger partial charge in [-0.05, 0) is 24.6 Å². The van der Waals surface area contributed by atoms with E-state index >= 15 is 0 Å². The number of halogens is 2. The van der Waals surface area contributed by atoms with Gasteiger partial charge < -0.3 is 0 Å². The summed E-state index contributed by atoms with van der Waals surface area (Å²) in [6, 6.07) is 10.5. The molecule has 0 N–H and O–H groups in total. The maximum Gasteiger partial charge on any atom is 0.234 e. The summed E-state index contributed by atoms with van der Waals surface area (Å²) in [6.45, 7) is 1.96. The van der Waals surface area contributed by atoms with Gasteiger partial charge in [0.2, 0.25) is 11.8 Å². The quantitative estimate of drug-likeness (QED) is 0.792. The molecule has 118 valence electrons. The van der Waals surface area contributed by atoms with Gasteiger partial charge in [0.15, 0.2) is 0 Å². The average molecular weight is 315 g/mol. The largest absolute Gasteiger partial charge is 0.274 e. The lowest BCUT2D eigenvalue weighted by molar-refractivity contribution is -0.129. The van der Waals surface area contributed by atoms with Gasteiger partial charge >= 0.3 is 0 Å².